The van der Waals surface area contributed by atoms with Gasteiger partial charge in [0.2, 0.25) is 0 Å². The number of hydrogen-bond donors (Lipinski definition) is 1. The van der Waals surface area contributed by atoms with Crippen molar-refractivity contribution in [1.82, 2.24) is 9.80 Å². The van der Waals surface area contributed by atoms with Crippen LogP contribution in [0.1, 0.15) is 25.5 Å². The van der Waals surface area contributed by atoms with Crippen LogP contribution in [0.5, 0.6) is 0 Å². The number of benzene rings is 1. The fourth-order valence-electron chi connectivity index (χ4n) is 2.61. The quantitative estimate of drug-likeness (QED) is 0.902. The van der Waals surface area contributed by atoms with Gasteiger partial charge in [-0.15, -0.1) is 0 Å². The van der Waals surface area contributed by atoms with Gasteiger partial charge in [-0.2, -0.15) is 0 Å². The molecule has 0 amide bonds. The highest BCUT2D eigenvalue weighted by molar-refractivity contribution is 5.21. The molecular weight excluding hydrogens is 241 g/mol. The third kappa shape index (κ3) is 3.75. The summed E-state index contributed by atoms with van der Waals surface area (Å²) in [7, 11) is 0. The van der Waals surface area contributed by atoms with Crippen LogP contribution in [0.25, 0.3) is 0 Å². The van der Waals surface area contributed by atoms with Gasteiger partial charge in [0.05, 0.1) is 0 Å². The van der Waals surface area contributed by atoms with Crippen molar-refractivity contribution in [2.24, 2.45) is 5.73 Å². The van der Waals surface area contributed by atoms with Gasteiger partial charge in [0.25, 0.3) is 0 Å². The van der Waals surface area contributed by atoms with Crippen LogP contribution in [0.3, 0.4) is 0 Å². The summed E-state index contributed by atoms with van der Waals surface area (Å²) in [6, 6.07) is 7.16. The van der Waals surface area contributed by atoms with E-state index in [0.717, 1.165) is 32.7 Å². The summed E-state index contributed by atoms with van der Waals surface area (Å²) in [5.74, 6) is -0.198. The highest BCUT2D eigenvalue weighted by atomic mass is 19.1. The highest BCUT2D eigenvalue weighted by Gasteiger charge is 2.21. The average molecular weight is 265 g/mol. The maximum atomic E-state index is 13.7. The molecule has 3 nitrogen and oxygen atoms in total. The molecule has 1 fully saturated rings. The number of hydrogen-bond acceptors (Lipinski definition) is 3. The normalized spacial score (nSPS) is 19.8. The number of nitrogens with zero attached hydrogens (tertiary/aromatic N) is 2. The molecule has 1 unspecified atom stereocenters. The molecule has 0 spiro atoms. The number of rotatable bonds is 4. The second-order valence-corrected chi connectivity index (χ2v) is 5.56. The zero-order valence-corrected chi connectivity index (χ0v) is 11.8. The summed E-state index contributed by atoms with van der Waals surface area (Å²) >= 11 is 0. The van der Waals surface area contributed by atoms with Crippen LogP contribution in [0.4, 0.5) is 4.39 Å². The Morgan fingerprint density at radius 2 is 1.79 bits per heavy atom. The molecule has 0 saturated carbocycles. The first-order valence-electron chi connectivity index (χ1n) is 7.04. The Hall–Kier alpha value is -0.970. The van der Waals surface area contributed by atoms with E-state index in [1.807, 2.05) is 6.07 Å². The third-order valence-corrected chi connectivity index (χ3v) is 3.90. The zero-order chi connectivity index (χ0) is 13.8. The van der Waals surface area contributed by atoms with Crippen molar-refractivity contribution in [3.63, 3.8) is 0 Å². The van der Waals surface area contributed by atoms with E-state index in [2.05, 4.69) is 23.6 Å². The van der Waals surface area contributed by atoms with Gasteiger partial charge in [-0.1, -0.05) is 18.2 Å². The van der Waals surface area contributed by atoms with Crippen molar-refractivity contribution >= 4 is 0 Å². The summed E-state index contributed by atoms with van der Waals surface area (Å²) in [5, 5.41) is 0. The zero-order valence-electron chi connectivity index (χ0n) is 11.8. The molecule has 1 heterocycles. The Balaban J connectivity index is 1.87. The largest absolute Gasteiger partial charge is 0.323 e. The first kappa shape index (κ1) is 14.4. The Kier molecular flexibility index (Phi) is 4.91. The Morgan fingerprint density at radius 1 is 1.16 bits per heavy atom. The first-order chi connectivity index (χ1) is 9.08. The summed E-state index contributed by atoms with van der Waals surface area (Å²) in [4.78, 5) is 4.79. The van der Waals surface area contributed by atoms with Crippen molar-refractivity contribution in [3.8, 4) is 0 Å². The molecule has 19 heavy (non-hydrogen) atoms. The molecule has 2 rings (SSSR count). The molecule has 4 heteroatoms. The van der Waals surface area contributed by atoms with Gasteiger partial charge in [-0.25, -0.2) is 4.39 Å². The molecule has 0 radical (unpaired) electrons. The maximum absolute atomic E-state index is 13.7. The van der Waals surface area contributed by atoms with Gasteiger partial charge in [-0.05, 0) is 19.9 Å². The predicted octanol–water partition coefficient (Wildman–Crippen LogP) is 1.85. The van der Waals surface area contributed by atoms with E-state index >= 15 is 0 Å². The lowest BCUT2D eigenvalue weighted by Gasteiger charge is -2.37. The van der Waals surface area contributed by atoms with Crippen molar-refractivity contribution in [2.75, 3.05) is 32.7 Å². The second-order valence-electron chi connectivity index (χ2n) is 5.56. The van der Waals surface area contributed by atoms with Gasteiger partial charge in [0.1, 0.15) is 5.82 Å². The number of piperazine rings is 1. The standard InChI is InChI=1S/C15H24FN3/c1-12(2)19-9-7-18(8-10-19)11-15(17)13-5-3-4-6-14(13)16/h3-6,12,15H,7-11,17H2,1-2H3. The van der Waals surface area contributed by atoms with Crippen molar-refractivity contribution < 1.29 is 4.39 Å². The summed E-state index contributed by atoms with van der Waals surface area (Å²) in [6.07, 6.45) is 0. The van der Waals surface area contributed by atoms with Crippen LogP contribution >= 0.6 is 0 Å². The molecule has 1 aliphatic rings. The molecule has 1 saturated heterocycles. The van der Waals surface area contributed by atoms with Crippen LogP contribution < -0.4 is 5.73 Å². The van der Waals surface area contributed by atoms with E-state index in [0.29, 0.717) is 11.6 Å². The predicted molar refractivity (Wildman–Crippen MR) is 76.5 cm³/mol. The fraction of sp³-hybridized carbons (Fsp3) is 0.600. The Labute approximate surface area is 115 Å². The lowest BCUT2D eigenvalue weighted by Crippen LogP contribution is -2.50. The highest BCUT2D eigenvalue weighted by Crippen LogP contribution is 2.16. The van der Waals surface area contributed by atoms with E-state index in [1.165, 1.54) is 6.07 Å². The SMILES string of the molecule is CC(C)N1CCN(CC(N)c2ccccc2F)CC1. The topological polar surface area (TPSA) is 32.5 Å². The van der Waals surface area contributed by atoms with E-state index in [9.17, 15) is 4.39 Å². The van der Waals surface area contributed by atoms with Crippen molar-refractivity contribution in [3.05, 3.63) is 35.6 Å². The molecule has 2 N–H and O–H groups in total. The molecule has 1 aliphatic heterocycles. The average Bonchev–Trinajstić information content (AvgIpc) is 2.39. The second kappa shape index (κ2) is 6.46. The van der Waals surface area contributed by atoms with Crippen LogP contribution in [0.15, 0.2) is 24.3 Å². The summed E-state index contributed by atoms with van der Waals surface area (Å²) in [5.41, 5.74) is 6.75. The minimum absolute atomic E-state index is 0.198. The van der Waals surface area contributed by atoms with Gasteiger partial charge in [0, 0.05) is 50.4 Å². The molecule has 106 valence electrons. The molecule has 1 atom stereocenters. The lowest BCUT2D eigenvalue weighted by molar-refractivity contribution is 0.104. The smallest absolute Gasteiger partial charge is 0.128 e. The molecule has 0 aromatic heterocycles. The maximum Gasteiger partial charge on any atom is 0.128 e. The van der Waals surface area contributed by atoms with Crippen molar-refractivity contribution in [2.45, 2.75) is 25.9 Å². The summed E-state index contributed by atoms with van der Waals surface area (Å²) in [6.45, 7) is 9.35. The fourth-order valence-corrected chi connectivity index (χ4v) is 2.61. The molecule has 0 bridgehead atoms. The number of nitrogens with two attached hydrogens (primary N) is 1. The van der Waals surface area contributed by atoms with Gasteiger partial charge in [-0.3, -0.25) is 9.80 Å². The first-order valence-corrected chi connectivity index (χ1v) is 7.04. The van der Waals surface area contributed by atoms with E-state index in [-0.39, 0.29) is 11.9 Å². The molecule has 0 aliphatic carbocycles. The van der Waals surface area contributed by atoms with E-state index < -0.39 is 0 Å². The van der Waals surface area contributed by atoms with Gasteiger partial charge >= 0.3 is 0 Å². The van der Waals surface area contributed by atoms with Crippen molar-refractivity contribution in [1.29, 1.82) is 0 Å². The van der Waals surface area contributed by atoms with E-state index in [4.69, 9.17) is 5.73 Å². The minimum atomic E-state index is -0.244. The molecular formula is C15H24FN3. The van der Waals surface area contributed by atoms with Crippen LogP contribution in [0, 0.1) is 5.82 Å². The van der Waals surface area contributed by atoms with Gasteiger partial charge < -0.3 is 5.73 Å². The number of halogens is 1. The van der Waals surface area contributed by atoms with Crippen LogP contribution in [0.2, 0.25) is 0 Å². The van der Waals surface area contributed by atoms with Gasteiger partial charge in [0.15, 0.2) is 0 Å². The Bertz CT molecular complexity index is 400. The lowest BCUT2D eigenvalue weighted by atomic mass is 10.1. The molecule has 1 aromatic carbocycles. The van der Waals surface area contributed by atoms with Crippen LogP contribution in [-0.4, -0.2) is 48.6 Å². The van der Waals surface area contributed by atoms with Crippen LogP contribution in [-0.2, 0) is 0 Å². The summed E-state index contributed by atoms with van der Waals surface area (Å²) < 4.78 is 13.7. The monoisotopic (exact) mass is 265 g/mol. The molecule has 1 aromatic rings. The van der Waals surface area contributed by atoms with E-state index in [1.54, 1.807) is 12.1 Å². The Morgan fingerprint density at radius 3 is 2.37 bits per heavy atom. The minimum Gasteiger partial charge on any atom is -0.323 e. The third-order valence-electron chi connectivity index (χ3n) is 3.90.